The van der Waals surface area contributed by atoms with E-state index in [1.165, 1.54) is 0 Å². The molecule has 0 rings (SSSR count). The van der Waals surface area contributed by atoms with Crippen LogP contribution in [0, 0.1) is 5.92 Å². The fourth-order valence-corrected chi connectivity index (χ4v) is 1.08. The van der Waals surface area contributed by atoms with Crippen molar-refractivity contribution in [1.82, 2.24) is 5.32 Å². The van der Waals surface area contributed by atoms with E-state index in [4.69, 9.17) is 9.84 Å². The number of hydrogen-bond donors (Lipinski definition) is 2. The van der Waals surface area contributed by atoms with Crippen molar-refractivity contribution in [3.05, 3.63) is 12.2 Å². The Hall–Kier alpha value is -1.85. The molecule has 6 nitrogen and oxygen atoms in total. The zero-order valence-electron chi connectivity index (χ0n) is 10.1. The molecule has 0 aliphatic heterocycles. The van der Waals surface area contributed by atoms with Crippen LogP contribution in [-0.4, -0.2) is 35.6 Å². The fourth-order valence-electron chi connectivity index (χ4n) is 1.08. The highest BCUT2D eigenvalue weighted by atomic mass is 16.5. The van der Waals surface area contributed by atoms with E-state index in [1.807, 2.05) is 0 Å². The molecule has 1 amide bonds. The summed E-state index contributed by atoms with van der Waals surface area (Å²) in [7, 11) is 0. The third-order valence-electron chi connectivity index (χ3n) is 1.88. The van der Waals surface area contributed by atoms with E-state index in [1.54, 1.807) is 20.8 Å². The lowest BCUT2D eigenvalue weighted by Crippen LogP contribution is -2.44. The molecule has 0 saturated carbocycles. The third-order valence-corrected chi connectivity index (χ3v) is 1.88. The number of amides is 1. The summed E-state index contributed by atoms with van der Waals surface area (Å²) in [5.41, 5.74) is 0. The van der Waals surface area contributed by atoms with E-state index in [9.17, 15) is 14.4 Å². The van der Waals surface area contributed by atoms with Gasteiger partial charge in [0.05, 0.1) is 6.61 Å². The van der Waals surface area contributed by atoms with E-state index < -0.39 is 23.9 Å². The van der Waals surface area contributed by atoms with E-state index >= 15 is 0 Å². The van der Waals surface area contributed by atoms with Crippen LogP contribution >= 0.6 is 0 Å². The predicted octanol–water partition coefficient (Wildman–Crippen LogP) is 0.331. The minimum atomic E-state index is -1.22. The van der Waals surface area contributed by atoms with Gasteiger partial charge in [-0.15, -0.1) is 0 Å². The zero-order chi connectivity index (χ0) is 13.4. The molecule has 0 aliphatic carbocycles. The molecule has 0 radical (unpaired) electrons. The lowest BCUT2D eigenvalue weighted by molar-refractivity contribution is -0.148. The van der Waals surface area contributed by atoms with Crippen LogP contribution in [0.5, 0.6) is 0 Å². The van der Waals surface area contributed by atoms with Gasteiger partial charge in [-0.2, -0.15) is 0 Å². The van der Waals surface area contributed by atoms with Crippen molar-refractivity contribution >= 4 is 17.8 Å². The van der Waals surface area contributed by atoms with Crippen molar-refractivity contribution < 1.29 is 24.2 Å². The smallest absolute Gasteiger partial charge is 0.328 e. The quantitative estimate of drug-likeness (QED) is 0.518. The molecule has 0 aliphatic rings. The first-order chi connectivity index (χ1) is 7.88. The third kappa shape index (κ3) is 6.34. The molecule has 0 bridgehead atoms. The van der Waals surface area contributed by atoms with Crippen LogP contribution in [0.2, 0.25) is 0 Å². The summed E-state index contributed by atoms with van der Waals surface area (Å²) < 4.78 is 4.80. The summed E-state index contributed by atoms with van der Waals surface area (Å²) in [5.74, 6) is -2.53. The van der Waals surface area contributed by atoms with Crippen molar-refractivity contribution in [2.24, 2.45) is 5.92 Å². The average molecular weight is 243 g/mol. The lowest BCUT2D eigenvalue weighted by atomic mass is 10.0. The minimum Gasteiger partial charge on any atom is -0.478 e. The summed E-state index contributed by atoms with van der Waals surface area (Å²) in [6.07, 6.45) is 1.56. The molecule has 96 valence electrons. The normalized spacial score (nSPS) is 12.5. The van der Waals surface area contributed by atoms with Crippen LogP contribution in [0.4, 0.5) is 0 Å². The van der Waals surface area contributed by atoms with Crippen LogP contribution in [0.25, 0.3) is 0 Å². The number of carboxylic acids is 1. The Morgan fingerprint density at radius 2 is 1.88 bits per heavy atom. The summed E-state index contributed by atoms with van der Waals surface area (Å²) in [6, 6.07) is -0.777. The number of carbonyl (C=O) groups is 3. The Bertz CT molecular complexity index is 322. The van der Waals surface area contributed by atoms with E-state index in [-0.39, 0.29) is 12.5 Å². The molecule has 0 unspecified atom stereocenters. The van der Waals surface area contributed by atoms with Crippen molar-refractivity contribution in [3.8, 4) is 0 Å². The number of esters is 1. The van der Waals surface area contributed by atoms with Gasteiger partial charge in [0, 0.05) is 12.2 Å². The van der Waals surface area contributed by atoms with Crippen LogP contribution in [-0.2, 0) is 19.1 Å². The van der Waals surface area contributed by atoms with E-state index in [0.717, 1.165) is 6.08 Å². The second-order valence-corrected chi connectivity index (χ2v) is 3.65. The molecule has 1 atom stereocenters. The fraction of sp³-hybridized carbons (Fsp3) is 0.545. The highest BCUT2D eigenvalue weighted by molar-refractivity contribution is 5.95. The summed E-state index contributed by atoms with van der Waals surface area (Å²) in [5, 5.41) is 10.7. The molecule has 17 heavy (non-hydrogen) atoms. The molecule has 0 fully saturated rings. The first-order valence-electron chi connectivity index (χ1n) is 5.26. The maximum absolute atomic E-state index is 11.5. The van der Waals surface area contributed by atoms with Crippen molar-refractivity contribution in [3.63, 3.8) is 0 Å². The Kier molecular flexibility index (Phi) is 6.62. The Morgan fingerprint density at radius 1 is 1.29 bits per heavy atom. The maximum Gasteiger partial charge on any atom is 0.328 e. The molecule has 0 spiro atoms. The van der Waals surface area contributed by atoms with Crippen molar-refractivity contribution in [2.75, 3.05) is 6.61 Å². The summed E-state index contributed by atoms with van der Waals surface area (Å²) >= 11 is 0. The SMILES string of the molecule is CCOC(=O)[C@H](NC(=O)/C=C\C(=O)O)C(C)C. The number of nitrogens with one attached hydrogen (secondary N) is 1. The Balaban J connectivity index is 4.50. The van der Waals surface area contributed by atoms with Gasteiger partial charge in [-0.05, 0) is 12.8 Å². The topological polar surface area (TPSA) is 92.7 Å². The number of hydrogen-bond acceptors (Lipinski definition) is 4. The van der Waals surface area contributed by atoms with Gasteiger partial charge in [0.1, 0.15) is 6.04 Å². The van der Waals surface area contributed by atoms with Gasteiger partial charge in [-0.3, -0.25) is 4.79 Å². The van der Waals surface area contributed by atoms with Gasteiger partial charge in [0.2, 0.25) is 5.91 Å². The minimum absolute atomic E-state index is 0.142. The number of ether oxygens (including phenoxy) is 1. The molecule has 0 heterocycles. The number of carbonyl (C=O) groups excluding carboxylic acids is 2. The number of carboxylic acid groups (broad SMARTS) is 1. The van der Waals surface area contributed by atoms with Gasteiger partial charge < -0.3 is 15.2 Å². The van der Waals surface area contributed by atoms with Crippen molar-refractivity contribution in [1.29, 1.82) is 0 Å². The Morgan fingerprint density at radius 3 is 2.29 bits per heavy atom. The Labute approximate surface area is 99.6 Å². The average Bonchev–Trinajstić information content (AvgIpc) is 2.22. The molecule has 0 saturated heterocycles. The molecule has 0 aromatic carbocycles. The largest absolute Gasteiger partial charge is 0.478 e. The number of rotatable bonds is 6. The van der Waals surface area contributed by atoms with Crippen molar-refractivity contribution in [2.45, 2.75) is 26.8 Å². The van der Waals surface area contributed by atoms with Gasteiger partial charge in [-0.1, -0.05) is 13.8 Å². The zero-order valence-corrected chi connectivity index (χ0v) is 10.1. The predicted molar refractivity (Wildman–Crippen MR) is 60.2 cm³/mol. The summed E-state index contributed by atoms with van der Waals surface area (Å²) in [6.45, 7) is 5.40. The highest BCUT2D eigenvalue weighted by Crippen LogP contribution is 2.04. The van der Waals surface area contributed by atoms with E-state index in [0.29, 0.717) is 6.08 Å². The van der Waals surface area contributed by atoms with Gasteiger partial charge in [-0.25, -0.2) is 9.59 Å². The monoisotopic (exact) mass is 243 g/mol. The van der Waals surface area contributed by atoms with E-state index in [2.05, 4.69) is 5.32 Å². The second kappa shape index (κ2) is 7.43. The first kappa shape index (κ1) is 15.2. The van der Waals surface area contributed by atoms with Gasteiger partial charge >= 0.3 is 11.9 Å². The standard InChI is InChI=1S/C11H17NO5/c1-4-17-11(16)10(7(2)3)12-8(13)5-6-9(14)15/h5-7,10H,4H2,1-3H3,(H,12,13)(H,14,15)/b6-5-/t10-/m1/s1. The van der Waals surface area contributed by atoms with Gasteiger partial charge in [0.15, 0.2) is 0 Å². The van der Waals surface area contributed by atoms with Crippen LogP contribution < -0.4 is 5.32 Å². The van der Waals surface area contributed by atoms with Crippen LogP contribution in [0.15, 0.2) is 12.2 Å². The van der Waals surface area contributed by atoms with Gasteiger partial charge in [0.25, 0.3) is 0 Å². The first-order valence-corrected chi connectivity index (χ1v) is 5.26. The molecule has 0 aromatic rings. The molecule has 0 aromatic heterocycles. The number of aliphatic carboxylic acids is 1. The maximum atomic E-state index is 11.5. The van der Waals surface area contributed by atoms with Crippen LogP contribution in [0.3, 0.4) is 0 Å². The molecule has 6 heteroatoms. The molecular formula is C11H17NO5. The molecular weight excluding hydrogens is 226 g/mol. The highest BCUT2D eigenvalue weighted by Gasteiger charge is 2.24. The van der Waals surface area contributed by atoms with Crippen LogP contribution in [0.1, 0.15) is 20.8 Å². The second-order valence-electron chi connectivity index (χ2n) is 3.65. The molecule has 2 N–H and O–H groups in total. The summed E-state index contributed by atoms with van der Waals surface area (Å²) in [4.78, 5) is 33.0. The lowest BCUT2D eigenvalue weighted by Gasteiger charge is -2.19.